The summed E-state index contributed by atoms with van der Waals surface area (Å²) in [5.74, 6) is -0.546. The van der Waals surface area contributed by atoms with Gasteiger partial charge in [0.1, 0.15) is 19.3 Å². The van der Waals surface area contributed by atoms with Crippen LogP contribution in [-0.4, -0.2) is 69.4 Å². The number of carbonyl (C=O) groups excluding carboxylic acids is 2. The Balaban J connectivity index is 5.43. The molecule has 62 heavy (non-hydrogen) atoms. The second kappa shape index (κ2) is 43.4. The quantitative estimate of drug-likeness (QED) is 0.0213. The van der Waals surface area contributed by atoms with Gasteiger partial charge in [0.25, 0.3) is 7.82 Å². The summed E-state index contributed by atoms with van der Waals surface area (Å²) >= 11 is 0. The molecule has 0 rings (SSSR count). The molecule has 0 aromatic carbocycles. The lowest BCUT2D eigenvalue weighted by molar-refractivity contribution is -0.870. The molecule has 0 aliphatic heterocycles. The van der Waals surface area contributed by atoms with Gasteiger partial charge in [-0.1, -0.05) is 206 Å². The number of allylic oxidation sites excluding steroid dienone is 3. The number of esters is 1. The highest BCUT2D eigenvalue weighted by Crippen LogP contribution is 2.38. The molecule has 0 aliphatic rings. The fourth-order valence-corrected chi connectivity index (χ4v) is 8.22. The Morgan fingerprint density at radius 3 is 1.42 bits per heavy atom. The molecule has 0 aliphatic carbocycles. The van der Waals surface area contributed by atoms with Crippen LogP contribution >= 0.6 is 7.82 Å². The van der Waals surface area contributed by atoms with E-state index in [0.29, 0.717) is 17.4 Å². The lowest BCUT2D eigenvalue weighted by Gasteiger charge is -2.30. The van der Waals surface area contributed by atoms with Crippen LogP contribution in [0.1, 0.15) is 245 Å². The molecular weight excluding hydrogens is 796 g/mol. The van der Waals surface area contributed by atoms with Gasteiger partial charge in [-0.2, -0.15) is 0 Å². The molecule has 0 fully saturated rings. The van der Waals surface area contributed by atoms with E-state index in [1.165, 1.54) is 128 Å². The van der Waals surface area contributed by atoms with Gasteiger partial charge in [-0.15, -0.1) is 0 Å². The molecule has 3 unspecified atom stereocenters. The highest BCUT2D eigenvalue weighted by atomic mass is 31.2. The van der Waals surface area contributed by atoms with Gasteiger partial charge >= 0.3 is 5.97 Å². The average Bonchev–Trinajstić information content (AvgIpc) is 3.22. The van der Waals surface area contributed by atoms with Crippen LogP contribution in [0.2, 0.25) is 0 Å². The smallest absolute Gasteiger partial charge is 0.306 e. The maximum absolute atomic E-state index is 13.4. The predicted octanol–water partition coefficient (Wildman–Crippen LogP) is 14.4. The zero-order valence-corrected chi connectivity index (χ0v) is 42.5. The van der Waals surface area contributed by atoms with Crippen molar-refractivity contribution in [3.63, 3.8) is 0 Å². The largest absolute Gasteiger partial charge is 0.756 e. The average molecular weight is 897 g/mol. The second-order valence-corrected chi connectivity index (χ2v) is 20.4. The maximum Gasteiger partial charge on any atom is 0.306 e. The summed E-state index contributed by atoms with van der Waals surface area (Å²) in [7, 11) is 1.19. The van der Waals surface area contributed by atoms with Crippen LogP contribution in [0, 0.1) is 0 Å². The molecule has 366 valence electrons. The first-order valence-electron chi connectivity index (χ1n) is 26.1. The summed E-state index contributed by atoms with van der Waals surface area (Å²) in [6.07, 6.45) is 47.1. The van der Waals surface area contributed by atoms with E-state index in [0.717, 1.165) is 83.5 Å². The minimum Gasteiger partial charge on any atom is -0.756 e. The van der Waals surface area contributed by atoms with E-state index in [-0.39, 0.29) is 31.5 Å². The number of likely N-dealkylation sites (N-methyl/N-ethyl adjacent to an activating group) is 1. The van der Waals surface area contributed by atoms with Crippen molar-refractivity contribution in [1.82, 2.24) is 5.32 Å². The summed E-state index contributed by atoms with van der Waals surface area (Å²) in [6, 6.07) is -0.883. The summed E-state index contributed by atoms with van der Waals surface area (Å²) in [5.41, 5.74) is 0. The Labute approximate surface area is 383 Å². The third kappa shape index (κ3) is 43.7. The van der Waals surface area contributed by atoms with E-state index in [9.17, 15) is 19.0 Å². The highest BCUT2D eigenvalue weighted by molar-refractivity contribution is 7.45. The highest BCUT2D eigenvalue weighted by Gasteiger charge is 2.27. The van der Waals surface area contributed by atoms with Crippen LogP contribution in [-0.2, 0) is 27.9 Å². The summed E-state index contributed by atoms with van der Waals surface area (Å²) in [5, 5.41) is 3.00. The van der Waals surface area contributed by atoms with E-state index < -0.39 is 20.0 Å². The normalized spacial score (nSPS) is 14.1. The van der Waals surface area contributed by atoms with Crippen molar-refractivity contribution < 1.29 is 37.3 Å². The van der Waals surface area contributed by atoms with Crippen LogP contribution in [0.4, 0.5) is 0 Å². The molecule has 0 heterocycles. The Hall–Kier alpha value is -1.51. The summed E-state index contributed by atoms with van der Waals surface area (Å²) in [6.45, 7) is 6.79. The number of unbranched alkanes of at least 4 members (excludes halogenated alkanes) is 29. The molecule has 9 nitrogen and oxygen atoms in total. The molecule has 10 heteroatoms. The maximum atomic E-state index is 13.4. The molecule has 0 aromatic rings. The van der Waals surface area contributed by atoms with Gasteiger partial charge in [-0.3, -0.25) is 14.2 Å². The van der Waals surface area contributed by atoms with Crippen molar-refractivity contribution in [3.05, 3.63) is 24.3 Å². The SMILES string of the molecule is CCCC/C=C\CCCCCCCC(=O)NC(COP(=O)([O-])OCC[N+](C)(C)C)C(/C=C/CCCCCCCCCCCC)OC(=O)CCCCCCCCCCCCCCC. The van der Waals surface area contributed by atoms with Gasteiger partial charge in [0.15, 0.2) is 0 Å². The number of ether oxygens (including phenoxy) is 1. The van der Waals surface area contributed by atoms with Crippen LogP contribution in [0.15, 0.2) is 24.3 Å². The summed E-state index contributed by atoms with van der Waals surface area (Å²) in [4.78, 5) is 39.6. The van der Waals surface area contributed by atoms with E-state index in [2.05, 4.69) is 38.2 Å². The van der Waals surface area contributed by atoms with Crippen LogP contribution in [0.3, 0.4) is 0 Å². The van der Waals surface area contributed by atoms with Crippen molar-refractivity contribution in [2.45, 2.75) is 258 Å². The number of nitrogens with zero attached hydrogens (tertiary/aromatic N) is 1. The minimum absolute atomic E-state index is 0.0211. The molecule has 3 atom stereocenters. The molecule has 1 amide bonds. The second-order valence-electron chi connectivity index (χ2n) is 19.0. The Bertz CT molecular complexity index is 1120. The topological polar surface area (TPSA) is 114 Å². The number of hydrogen-bond acceptors (Lipinski definition) is 7. The Kier molecular flexibility index (Phi) is 42.3. The van der Waals surface area contributed by atoms with Gasteiger partial charge in [-0.25, -0.2) is 0 Å². The first-order valence-corrected chi connectivity index (χ1v) is 27.6. The molecular formula is C52H101N2O7P. The van der Waals surface area contributed by atoms with Crippen molar-refractivity contribution in [1.29, 1.82) is 0 Å². The van der Waals surface area contributed by atoms with Crippen molar-refractivity contribution in [2.24, 2.45) is 0 Å². The number of nitrogens with one attached hydrogen (secondary N) is 1. The molecule has 0 saturated carbocycles. The van der Waals surface area contributed by atoms with Crippen molar-refractivity contribution in [2.75, 3.05) is 40.9 Å². The Morgan fingerprint density at radius 1 is 0.548 bits per heavy atom. The van der Waals surface area contributed by atoms with E-state index in [1.807, 2.05) is 33.3 Å². The number of hydrogen-bond donors (Lipinski definition) is 1. The van der Waals surface area contributed by atoms with Gasteiger partial charge in [0.2, 0.25) is 5.91 Å². The molecule has 0 saturated heterocycles. The molecule has 0 bridgehead atoms. The fourth-order valence-electron chi connectivity index (χ4n) is 7.50. The zero-order valence-electron chi connectivity index (χ0n) is 41.6. The third-order valence-electron chi connectivity index (χ3n) is 11.6. The Morgan fingerprint density at radius 2 is 0.952 bits per heavy atom. The van der Waals surface area contributed by atoms with E-state index in [4.69, 9.17) is 13.8 Å². The molecule has 0 aromatic heterocycles. The number of rotatable bonds is 47. The lowest BCUT2D eigenvalue weighted by atomic mass is 10.0. The minimum atomic E-state index is -4.68. The zero-order chi connectivity index (χ0) is 45.8. The first-order chi connectivity index (χ1) is 29.9. The number of quaternary nitrogens is 1. The van der Waals surface area contributed by atoms with E-state index in [1.54, 1.807) is 0 Å². The first kappa shape index (κ1) is 60.5. The van der Waals surface area contributed by atoms with Crippen LogP contribution in [0.25, 0.3) is 0 Å². The van der Waals surface area contributed by atoms with Crippen molar-refractivity contribution >= 4 is 19.7 Å². The van der Waals surface area contributed by atoms with Crippen LogP contribution < -0.4 is 10.2 Å². The number of phosphoric acid groups is 1. The third-order valence-corrected chi connectivity index (χ3v) is 12.6. The van der Waals surface area contributed by atoms with Gasteiger partial charge in [0.05, 0.1) is 33.8 Å². The van der Waals surface area contributed by atoms with Gasteiger partial charge in [0, 0.05) is 12.8 Å². The van der Waals surface area contributed by atoms with Crippen molar-refractivity contribution in [3.8, 4) is 0 Å². The molecule has 0 radical (unpaired) electrons. The van der Waals surface area contributed by atoms with Gasteiger partial charge in [-0.05, 0) is 51.0 Å². The predicted molar refractivity (Wildman–Crippen MR) is 261 cm³/mol. The monoisotopic (exact) mass is 897 g/mol. The summed E-state index contributed by atoms with van der Waals surface area (Å²) < 4.78 is 30.1. The lowest BCUT2D eigenvalue weighted by Crippen LogP contribution is -2.47. The number of amides is 1. The van der Waals surface area contributed by atoms with Crippen LogP contribution in [0.5, 0.6) is 0 Å². The number of phosphoric ester groups is 1. The number of carbonyl (C=O) groups is 2. The van der Waals surface area contributed by atoms with Gasteiger partial charge < -0.3 is 28.5 Å². The standard InChI is InChI=1S/C52H101N2O7P/c1-7-10-13-16-19-22-25-27-30-33-36-39-42-45-52(56)61-50(43-40-37-34-31-29-26-23-20-17-14-11-8-2)49(48-60-62(57,58)59-47-46-54(4,5)6)53-51(55)44-41-38-35-32-28-24-21-18-15-12-9-3/h18,21,40,43,49-50H,7-17,19-20,22-39,41-42,44-48H2,1-6H3,(H-,53,55,57,58)/b21-18-,43-40+. The fraction of sp³-hybridized carbons (Fsp3) is 0.885. The molecule has 1 N–H and O–H groups in total. The van der Waals surface area contributed by atoms with E-state index >= 15 is 0 Å². The molecule has 0 spiro atoms.